The average Bonchev–Trinajstić information content (AvgIpc) is 2.78. The number of methoxy groups -OCH3 is 1. The second-order valence-corrected chi connectivity index (χ2v) is 4.34. The molecule has 94 valence electrons. The molecule has 4 heteroatoms. The Morgan fingerprint density at radius 1 is 1.44 bits per heavy atom. The molecule has 0 saturated carbocycles. The van der Waals surface area contributed by atoms with Crippen LogP contribution in [0.5, 0.6) is 0 Å². The zero-order chi connectivity index (χ0) is 12.0. The zero-order valence-corrected chi connectivity index (χ0v) is 10.7. The highest BCUT2D eigenvalue weighted by Gasteiger charge is 2.28. The standard InChI is InChI=1S/C12H24N2O2/c1-4-13(5-2)8-9-14-7-6-11(10-14)12(15)16-3/h11H,4-10H2,1-3H3. The number of likely N-dealkylation sites (tertiary alicyclic amines) is 1. The van der Waals surface area contributed by atoms with Gasteiger partial charge < -0.3 is 14.5 Å². The normalized spacial score (nSPS) is 21.6. The average molecular weight is 228 g/mol. The Kier molecular flexibility index (Phi) is 5.77. The molecule has 0 spiro atoms. The van der Waals surface area contributed by atoms with Gasteiger partial charge in [0.1, 0.15) is 0 Å². The van der Waals surface area contributed by atoms with Gasteiger partial charge in [0.2, 0.25) is 0 Å². The molecule has 0 bridgehead atoms. The van der Waals surface area contributed by atoms with Crippen LogP contribution in [0.25, 0.3) is 0 Å². The minimum atomic E-state index is -0.0506. The quantitative estimate of drug-likeness (QED) is 0.630. The summed E-state index contributed by atoms with van der Waals surface area (Å²) in [5, 5.41) is 0. The fourth-order valence-electron chi connectivity index (χ4n) is 2.22. The number of ether oxygens (including phenoxy) is 1. The SMILES string of the molecule is CCN(CC)CCN1CCC(C(=O)OC)C1. The van der Waals surface area contributed by atoms with Crippen molar-refractivity contribution in [1.82, 2.24) is 9.80 Å². The lowest BCUT2D eigenvalue weighted by molar-refractivity contribution is -0.144. The summed E-state index contributed by atoms with van der Waals surface area (Å²) in [6, 6.07) is 0. The lowest BCUT2D eigenvalue weighted by Gasteiger charge is -2.22. The highest BCUT2D eigenvalue weighted by Crippen LogP contribution is 2.16. The molecule has 1 aliphatic rings. The molecule has 0 radical (unpaired) electrons. The van der Waals surface area contributed by atoms with Gasteiger partial charge in [0.25, 0.3) is 0 Å². The topological polar surface area (TPSA) is 32.8 Å². The Labute approximate surface area is 98.5 Å². The van der Waals surface area contributed by atoms with Gasteiger partial charge in [-0.1, -0.05) is 13.8 Å². The van der Waals surface area contributed by atoms with Gasteiger partial charge >= 0.3 is 5.97 Å². The summed E-state index contributed by atoms with van der Waals surface area (Å²) in [5.41, 5.74) is 0. The molecule has 0 aromatic carbocycles. The van der Waals surface area contributed by atoms with Crippen LogP contribution in [-0.4, -0.2) is 62.1 Å². The van der Waals surface area contributed by atoms with Gasteiger partial charge in [-0.3, -0.25) is 4.79 Å². The van der Waals surface area contributed by atoms with E-state index in [9.17, 15) is 4.79 Å². The largest absolute Gasteiger partial charge is 0.469 e. The van der Waals surface area contributed by atoms with E-state index >= 15 is 0 Å². The van der Waals surface area contributed by atoms with E-state index in [1.807, 2.05) is 0 Å². The van der Waals surface area contributed by atoms with E-state index in [0.29, 0.717) is 0 Å². The first-order valence-electron chi connectivity index (χ1n) is 6.23. The molecule has 1 saturated heterocycles. The molecule has 1 atom stereocenters. The lowest BCUT2D eigenvalue weighted by atomic mass is 10.1. The first-order chi connectivity index (χ1) is 7.71. The maximum atomic E-state index is 11.4. The number of rotatable bonds is 6. The Hall–Kier alpha value is -0.610. The van der Waals surface area contributed by atoms with Crippen LogP contribution in [0.1, 0.15) is 20.3 Å². The third-order valence-corrected chi connectivity index (χ3v) is 3.43. The molecule has 0 aliphatic carbocycles. The van der Waals surface area contributed by atoms with Gasteiger partial charge in [-0.05, 0) is 26.1 Å². The van der Waals surface area contributed by atoms with E-state index in [-0.39, 0.29) is 11.9 Å². The van der Waals surface area contributed by atoms with Crippen LogP contribution in [0.4, 0.5) is 0 Å². The van der Waals surface area contributed by atoms with Crippen molar-refractivity contribution in [2.75, 3.05) is 46.4 Å². The van der Waals surface area contributed by atoms with Crippen molar-refractivity contribution in [1.29, 1.82) is 0 Å². The molecule has 16 heavy (non-hydrogen) atoms. The van der Waals surface area contributed by atoms with Crippen molar-refractivity contribution in [3.05, 3.63) is 0 Å². The molecule has 1 unspecified atom stereocenters. The van der Waals surface area contributed by atoms with E-state index in [0.717, 1.165) is 45.7 Å². The van der Waals surface area contributed by atoms with Crippen molar-refractivity contribution >= 4 is 5.97 Å². The first kappa shape index (κ1) is 13.5. The zero-order valence-electron chi connectivity index (χ0n) is 10.7. The maximum absolute atomic E-state index is 11.4. The second kappa shape index (κ2) is 6.86. The predicted molar refractivity (Wildman–Crippen MR) is 64.4 cm³/mol. The van der Waals surface area contributed by atoms with Gasteiger partial charge in [-0.25, -0.2) is 0 Å². The van der Waals surface area contributed by atoms with Crippen molar-refractivity contribution in [3.8, 4) is 0 Å². The predicted octanol–water partition coefficient (Wildman–Crippen LogP) is 0.823. The number of hydrogen-bond acceptors (Lipinski definition) is 4. The van der Waals surface area contributed by atoms with Crippen molar-refractivity contribution in [2.24, 2.45) is 5.92 Å². The van der Waals surface area contributed by atoms with Crippen LogP contribution >= 0.6 is 0 Å². The van der Waals surface area contributed by atoms with E-state index in [1.54, 1.807) is 0 Å². The van der Waals surface area contributed by atoms with Crippen LogP contribution in [0.15, 0.2) is 0 Å². The van der Waals surface area contributed by atoms with Gasteiger partial charge in [-0.15, -0.1) is 0 Å². The summed E-state index contributed by atoms with van der Waals surface area (Å²) in [6.07, 6.45) is 0.949. The highest BCUT2D eigenvalue weighted by atomic mass is 16.5. The van der Waals surface area contributed by atoms with Crippen LogP contribution in [-0.2, 0) is 9.53 Å². The summed E-state index contributed by atoms with van der Waals surface area (Å²) in [7, 11) is 1.47. The van der Waals surface area contributed by atoms with Gasteiger partial charge in [0.05, 0.1) is 13.0 Å². The monoisotopic (exact) mass is 228 g/mol. The number of hydrogen-bond donors (Lipinski definition) is 0. The van der Waals surface area contributed by atoms with Gasteiger partial charge in [0, 0.05) is 19.6 Å². The lowest BCUT2D eigenvalue weighted by Crippen LogP contribution is -2.34. The molecular formula is C12H24N2O2. The number of likely N-dealkylation sites (N-methyl/N-ethyl adjacent to an activating group) is 1. The molecule has 1 fully saturated rings. The van der Waals surface area contributed by atoms with Crippen LogP contribution in [0.2, 0.25) is 0 Å². The van der Waals surface area contributed by atoms with E-state index < -0.39 is 0 Å². The third kappa shape index (κ3) is 3.76. The first-order valence-corrected chi connectivity index (χ1v) is 6.23. The fourth-order valence-corrected chi connectivity index (χ4v) is 2.22. The molecule has 1 rings (SSSR count). The van der Waals surface area contributed by atoms with E-state index in [4.69, 9.17) is 4.74 Å². The molecule has 1 heterocycles. The van der Waals surface area contributed by atoms with Crippen LogP contribution in [0.3, 0.4) is 0 Å². The summed E-state index contributed by atoms with van der Waals surface area (Å²) in [4.78, 5) is 16.1. The second-order valence-electron chi connectivity index (χ2n) is 4.34. The Morgan fingerprint density at radius 3 is 2.69 bits per heavy atom. The molecule has 0 aromatic rings. The van der Waals surface area contributed by atoms with Crippen molar-refractivity contribution < 1.29 is 9.53 Å². The summed E-state index contributed by atoms with van der Waals surface area (Å²) >= 11 is 0. The number of carbonyl (C=O) groups excluding carboxylic acids is 1. The molecule has 0 N–H and O–H groups in total. The van der Waals surface area contributed by atoms with E-state index in [1.165, 1.54) is 7.11 Å². The molecule has 0 amide bonds. The Morgan fingerprint density at radius 2 is 2.12 bits per heavy atom. The van der Waals surface area contributed by atoms with Crippen LogP contribution in [0, 0.1) is 5.92 Å². The smallest absolute Gasteiger partial charge is 0.310 e. The molecular weight excluding hydrogens is 204 g/mol. The minimum absolute atomic E-state index is 0.0506. The summed E-state index contributed by atoms with van der Waals surface area (Å²) < 4.78 is 4.77. The number of esters is 1. The highest BCUT2D eigenvalue weighted by molar-refractivity contribution is 5.72. The molecule has 1 aliphatic heterocycles. The fraction of sp³-hybridized carbons (Fsp3) is 0.917. The number of carbonyl (C=O) groups is 1. The molecule has 0 aromatic heterocycles. The number of nitrogens with zero attached hydrogens (tertiary/aromatic N) is 2. The van der Waals surface area contributed by atoms with Gasteiger partial charge in [-0.2, -0.15) is 0 Å². The minimum Gasteiger partial charge on any atom is -0.469 e. The Bertz CT molecular complexity index is 217. The van der Waals surface area contributed by atoms with Crippen LogP contribution < -0.4 is 0 Å². The van der Waals surface area contributed by atoms with Crippen molar-refractivity contribution in [3.63, 3.8) is 0 Å². The molecule has 4 nitrogen and oxygen atoms in total. The Balaban J connectivity index is 2.23. The van der Waals surface area contributed by atoms with Gasteiger partial charge in [0.15, 0.2) is 0 Å². The summed E-state index contributed by atoms with van der Waals surface area (Å²) in [5.74, 6) is 0.0482. The maximum Gasteiger partial charge on any atom is 0.310 e. The van der Waals surface area contributed by atoms with Crippen molar-refractivity contribution in [2.45, 2.75) is 20.3 Å². The van der Waals surface area contributed by atoms with E-state index in [2.05, 4.69) is 23.6 Å². The summed E-state index contributed by atoms with van der Waals surface area (Å²) in [6.45, 7) is 10.6. The third-order valence-electron chi connectivity index (χ3n) is 3.43.